The molecule has 0 amide bonds. The van der Waals surface area contributed by atoms with Crippen molar-refractivity contribution in [2.75, 3.05) is 26.7 Å². The molecule has 0 unspecified atom stereocenters. The van der Waals surface area contributed by atoms with Gasteiger partial charge in [0.2, 0.25) is 0 Å². The minimum Gasteiger partial charge on any atom is -0.356 e. The molecule has 1 aliphatic heterocycles. The molecule has 0 bridgehead atoms. The molecule has 1 fully saturated rings. The van der Waals surface area contributed by atoms with Gasteiger partial charge in [-0.25, -0.2) is 0 Å². The van der Waals surface area contributed by atoms with E-state index in [4.69, 9.17) is 11.6 Å². The SMILES string of the molecule is CN=C(NCCc1nnc2ccccn12)NC1CCN(Cc2ccc(Cl)cc2)CC1.I. The molecule has 31 heavy (non-hydrogen) atoms. The van der Waals surface area contributed by atoms with Crippen LogP contribution in [0.15, 0.2) is 53.7 Å². The van der Waals surface area contributed by atoms with Crippen LogP contribution >= 0.6 is 35.6 Å². The minimum atomic E-state index is 0. The van der Waals surface area contributed by atoms with Gasteiger partial charge in [0, 0.05) is 56.9 Å². The second-order valence-electron chi connectivity index (χ2n) is 7.62. The van der Waals surface area contributed by atoms with Crippen molar-refractivity contribution in [2.45, 2.75) is 31.8 Å². The van der Waals surface area contributed by atoms with Crippen LogP contribution in [0.4, 0.5) is 0 Å². The Hall–Kier alpha value is -1.91. The first-order valence-electron chi connectivity index (χ1n) is 10.4. The van der Waals surface area contributed by atoms with Crippen LogP contribution in [0.5, 0.6) is 0 Å². The summed E-state index contributed by atoms with van der Waals surface area (Å²) < 4.78 is 2.02. The first-order chi connectivity index (χ1) is 14.7. The highest BCUT2D eigenvalue weighted by Crippen LogP contribution is 2.16. The van der Waals surface area contributed by atoms with E-state index in [1.54, 1.807) is 0 Å². The van der Waals surface area contributed by atoms with E-state index in [-0.39, 0.29) is 24.0 Å². The average molecular weight is 554 g/mol. The van der Waals surface area contributed by atoms with Crippen molar-refractivity contribution in [3.8, 4) is 0 Å². The van der Waals surface area contributed by atoms with Crippen LogP contribution in [0, 0.1) is 0 Å². The standard InChI is InChI=1S/C22H28ClN7.HI/c1-24-22(25-12-9-21-28-27-20-4-2-3-13-30(20)21)26-19-10-14-29(15-11-19)16-17-5-7-18(23)8-6-17;/h2-8,13,19H,9-12,14-16H2,1H3,(H2,24,25,26);1H. The smallest absolute Gasteiger partial charge is 0.191 e. The molecule has 1 aliphatic rings. The molecule has 1 aromatic carbocycles. The summed E-state index contributed by atoms with van der Waals surface area (Å²) in [7, 11) is 1.82. The van der Waals surface area contributed by atoms with E-state index in [2.05, 4.69) is 42.9 Å². The fourth-order valence-electron chi connectivity index (χ4n) is 3.83. The van der Waals surface area contributed by atoms with E-state index in [9.17, 15) is 0 Å². The Morgan fingerprint density at radius 2 is 1.90 bits per heavy atom. The summed E-state index contributed by atoms with van der Waals surface area (Å²) in [5.41, 5.74) is 2.18. The van der Waals surface area contributed by atoms with Crippen LogP contribution in [0.2, 0.25) is 5.02 Å². The molecule has 3 heterocycles. The van der Waals surface area contributed by atoms with Gasteiger partial charge in [-0.1, -0.05) is 29.8 Å². The van der Waals surface area contributed by atoms with Crippen LogP contribution < -0.4 is 10.6 Å². The van der Waals surface area contributed by atoms with Gasteiger partial charge in [-0.2, -0.15) is 0 Å². The Morgan fingerprint density at radius 3 is 2.65 bits per heavy atom. The van der Waals surface area contributed by atoms with Crippen molar-refractivity contribution < 1.29 is 0 Å². The molecule has 2 aromatic heterocycles. The lowest BCUT2D eigenvalue weighted by Crippen LogP contribution is -2.48. The second kappa shape index (κ2) is 11.6. The number of piperidine rings is 1. The zero-order valence-electron chi connectivity index (χ0n) is 17.7. The first-order valence-corrected chi connectivity index (χ1v) is 10.8. The summed E-state index contributed by atoms with van der Waals surface area (Å²) >= 11 is 5.98. The van der Waals surface area contributed by atoms with Gasteiger partial charge in [-0.15, -0.1) is 34.2 Å². The Bertz CT molecular complexity index is 981. The van der Waals surface area contributed by atoms with E-state index in [0.717, 1.165) is 67.9 Å². The molecule has 166 valence electrons. The summed E-state index contributed by atoms with van der Waals surface area (Å²) in [6.07, 6.45) is 4.98. The lowest BCUT2D eigenvalue weighted by molar-refractivity contribution is 0.198. The topological polar surface area (TPSA) is 69.8 Å². The van der Waals surface area contributed by atoms with E-state index in [1.807, 2.05) is 48.0 Å². The van der Waals surface area contributed by atoms with Gasteiger partial charge in [0.1, 0.15) is 5.82 Å². The molecule has 0 atom stereocenters. The predicted octanol–water partition coefficient (Wildman–Crippen LogP) is 3.37. The average Bonchev–Trinajstić information content (AvgIpc) is 3.19. The number of pyridine rings is 1. The molecule has 9 heteroatoms. The minimum absolute atomic E-state index is 0. The Kier molecular flexibility index (Phi) is 8.91. The van der Waals surface area contributed by atoms with Crippen molar-refractivity contribution in [3.63, 3.8) is 0 Å². The van der Waals surface area contributed by atoms with Crippen LogP contribution in [-0.4, -0.2) is 58.2 Å². The Balaban J connectivity index is 0.00000272. The third-order valence-electron chi connectivity index (χ3n) is 5.50. The molecule has 2 N–H and O–H groups in total. The first kappa shape index (κ1) is 23.7. The fraction of sp³-hybridized carbons (Fsp3) is 0.409. The number of likely N-dealkylation sites (tertiary alicyclic amines) is 1. The number of nitrogens with one attached hydrogen (secondary N) is 2. The fourth-order valence-corrected chi connectivity index (χ4v) is 3.95. The maximum atomic E-state index is 5.98. The van der Waals surface area contributed by atoms with Crippen LogP contribution in [0.3, 0.4) is 0 Å². The molecule has 1 saturated heterocycles. The summed E-state index contributed by atoms with van der Waals surface area (Å²) in [6, 6.07) is 14.5. The Morgan fingerprint density at radius 1 is 1.13 bits per heavy atom. The van der Waals surface area contributed by atoms with Crippen molar-refractivity contribution in [2.24, 2.45) is 4.99 Å². The monoisotopic (exact) mass is 553 g/mol. The molecule has 0 saturated carbocycles. The summed E-state index contributed by atoms with van der Waals surface area (Å²) in [5.74, 6) is 1.80. The third kappa shape index (κ3) is 6.54. The van der Waals surface area contributed by atoms with Gasteiger partial charge in [-0.3, -0.25) is 14.3 Å². The van der Waals surface area contributed by atoms with Crippen LogP contribution in [-0.2, 0) is 13.0 Å². The molecular weight excluding hydrogens is 525 g/mol. The highest BCUT2D eigenvalue weighted by Gasteiger charge is 2.20. The zero-order valence-corrected chi connectivity index (χ0v) is 20.8. The number of halogens is 2. The molecule has 0 aliphatic carbocycles. The molecule has 7 nitrogen and oxygen atoms in total. The number of fused-ring (bicyclic) bond motifs is 1. The van der Waals surface area contributed by atoms with E-state index in [0.29, 0.717) is 6.04 Å². The number of nitrogens with zero attached hydrogens (tertiary/aromatic N) is 5. The number of guanidine groups is 1. The number of rotatable bonds is 6. The van der Waals surface area contributed by atoms with Crippen molar-refractivity contribution >= 4 is 47.2 Å². The van der Waals surface area contributed by atoms with Crippen molar-refractivity contribution in [1.82, 2.24) is 30.1 Å². The molecule has 4 rings (SSSR count). The maximum absolute atomic E-state index is 5.98. The van der Waals surface area contributed by atoms with Gasteiger partial charge in [0.15, 0.2) is 11.6 Å². The zero-order chi connectivity index (χ0) is 20.8. The van der Waals surface area contributed by atoms with Crippen molar-refractivity contribution in [1.29, 1.82) is 0 Å². The highest BCUT2D eigenvalue weighted by molar-refractivity contribution is 14.0. The van der Waals surface area contributed by atoms with E-state index in [1.165, 1.54) is 5.56 Å². The van der Waals surface area contributed by atoms with Crippen LogP contribution in [0.1, 0.15) is 24.2 Å². The largest absolute Gasteiger partial charge is 0.356 e. The van der Waals surface area contributed by atoms with Crippen molar-refractivity contribution in [3.05, 3.63) is 65.1 Å². The van der Waals surface area contributed by atoms with Gasteiger partial charge in [0.25, 0.3) is 0 Å². The van der Waals surface area contributed by atoms with Gasteiger partial charge in [0.05, 0.1) is 0 Å². The Labute approximate surface area is 205 Å². The summed E-state index contributed by atoms with van der Waals surface area (Å²) in [5, 5.41) is 16.2. The second-order valence-corrected chi connectivity index (χ2v) is 8.05. The lowest BCUT2D eigenvalue weighted by Gasteiger charge is -2.33. The number of aromatic nitrogens is 3. The lowest BCUT2D eigenvalue weighted by atomic mass is 10.0. The molecule has 0 radical (unpaired) electrons. The number of hydrogen-bond acceptors (Lipinski definition) is 4. The quantitative estimate of drug-likeness (QED) is 0.278. The van der Waals surface area contributed by atoms with E-state index >= 15 is 0 Å². The van der Waals surface area contributed by atoms with Crippen LogP contribution in [0.25, 0.3) is 5.65 Å². The van der Waals surface area contributed by atoms with Gasteiger partial charge >= 0.3 is 0 Å². The number of aliphatic imine (C=N–C) groups is 1. The molecular formula is C22H29ClIN7. The maximum Gasteiger partial charge on any atom is 0.191 e. The summed E-state index contributed by atoms with van der Waals surface area (Å²) in [6.45, 7) is 3.87. The summed E-state index contributed by atoms with van der Waals surface area (Å²) in [4.78, 5) is 6.88. The number of benzene rings is 1. The molecule has 0 spiro atoms. The normalized spacial score (nSPS) is 15.6. The highest BCUT2D eigenvalue weighted by atomic mass is 127. The third-order valence-corrected chi connectivity index (χ3v) is 5.75. The number of hydrogen-bond donors (Lipinski definition) is 2. The molecule has 3 aromatic rings. The van der Waals surface area contributed by atoms with E-state index < -0.39 is 0 Å². The van der Waals surface area contributed by atoms with Gasteiger partial charge in [-0.05, 0) is 42.7 Å². The predicted molar refractivity (Wildman–Crippen MR) is 136 cm³/mol. The van der Waals surface area contributed by atoms with Gasteiger partial charge < -0.3 is 10.6 Å².